The van der Waals surface area contributed by atoms with Crippen molar-refractivity contribution in [2.24, 2.45) is 5.41 Å². The van der Waals surface area contributed by atoms with Gasteiger partial charge in [-0.1, -0.05) is 60.7 Å². The zero-order valence-electron chi connectivity index (χ0n) is 28.6. The van der Waals surface area contributed by atoms with Crippen molar-refractivity contribution in [2.45, 2.75) is 11.5 Å². The number of fused-ring (bicyclic) bond motifs is 7. The van der Waals surface area contributed by atoms with E-state index < -0.39 is 11.0 Å². The summed E-state index contributed by atoms with van der Waals surface area (Å²) in [6.07, 6.45) is 2.12. The second kappa shape index (κ2) is 11.1. The van der Waals surface area contributed by atoms with Gasteiger partial charge in [-0.05, 0) is 73.3 Å². The Hall–Kier alpha value is -4.85. The molecule has 0 unspecified atom stereocenters. The first kappa shape index (κ1) is 30.5. The van der Waals surface area contributed by atoms with Crippen LogP contribution < -0.4 is 9.80 Å². The zero-order valence-corrected chi connectivity index (χ0v) is 28.6. The van der Waals surface area contributed by atoms with Crippen LogP contribution in [0.5, 0.6) is 0 Å². The maximum absolute atomic E-state index is 15.8. The van der Waals surface area contributed by atoms with Gasteiger partial charge in [-0.3, -0.25) is 9.69 Å². The molecule has 3 aliphatic rings. The van der Waals surface area contributed by atoms with Crippen molar-refractivity contribution in [3.05, 3.63) is 125 Å². The minimum absolute atomic E-state index is 0.0965. The molecule has 0 bridgehead atoms. The zero-order chi connectivity index (χ0) is 33.4. The lowest BCUT2D eigenvalue weighted by Crippen LogP contribution is -2.62. The molecule has 242 valence electrons. The summed E-state index contributed by atoms with van der Waals surface area (Å²) in [5, 5.41) is 0. The smallest absolute Gasteiger partial charge is 0.170 e. The number of hydrogen-bond donors (Lipinski definition) is 0. The summed E-state index contributed by atoms with van der Waals surface area (Å²) in [5.74, 6) is 0.0988. The van der Waals surface area contributed by atoms with Gasteiger partial charge in [0.05, 0.1) is 27.8 Å². The highest BCUT2D eigenvalue weighted by Gasteiger charge is 2.73. The van der Waals surface area contributed by atoms with Gasteiger partial charge in [0.2, 0.25) is 0 Å². The molecule has 3 heterocycles. The Labute approximate surface area is 283 Å². The first-order chi connectivity index (χ1) is 23.1. The van der Waals surface area contributed by atoms with Crippen LogP contribution in [0.15, 0.2) is 103 Å². The number of likely N-dealkylation sites (N-methyl/N-ethyl adjacent to an activating group) is 2. The third-order valence-corrected chi connectivity index (χ3v) is 11.0. The number of hydrogen-bond acceptors (Lipinski definition) is 7. The highest BCUT2D eigenvalue weighted by molar-refractivity contribution is 6.08. The minimum atomic E-state index is -0.887. The fourth-order valence-corrected chi connectivity index (χ4v) is 8.90. The molecule has 48 heavy (non-hydrogen) atoms. The summed E-state index contributed by atoms with van der Waals surface area (Å²) in [6.45, 7) is 1.88. The van der Waals surface area contributed by atoms with Crippen LogP contribution in [-0.2, 0) is 10.3 Å². The molecule has 1 aliphatic carbocycles. The lowest BCUT2D eigenvalue weighted by molar-refractivity contribution is -0.134. The summed E-state index contributed by atoms with van der Waals surface area (Å²) in [6, 6.07) is 33.9. The average molecular weight is 635 g/mol. The Morgan fingerprint density at radius 3 is 2.04 bits per heavy atom. The fraction of sp³-hybridized carbons (Fsp3) is 0.293. The molecule has 3 atom stereocenters. The molecule has 0 radical (unpaired) electrons. The normalized spacial score (nSPS) is 24.5. The number of likely N-dealkylation sites (tertiary alicyclic amines) is 2. The molecule has 7 heteroatoms. The SMILES string of the molecule is CN1C/C(=C\c2ccc(N(C)C)cc2)C(=O)[C@@]2(C1)[C@H](c1ccc(N(C)C)cc1)CN(C)[C@@]21c2ccccc2-c2nc3ccccc3nc21. The van der Waals surface area contributed by atoms with E-state index in [9.17, 15) is 0 Å². The van der Waals surface area contributed by atoms with E-state index in [2.05, 4.69) is 127 Å². The number of Topliss-reactive ketones (excluding diaryl/α,β-unsaturated/α-hetero) is 1. The van der Waals surface area contributed by atoms with Crippen molar-refractivity contribution >= 4 is 34.3 Å². The third-order valence-electron chi connectivity index (χ3n) is 11.0. The Morgan fingerprint density at radius 2 is 1.38 bits per heavy atom. The minimum Gasteiger partial charge on any atom is -0.378 e. The number of carbonyl (C=O) groups is 1. The standard InChI is InChI=1S/C41H42N6O/c1-44(2)30-19-15-27(16-20-30)23-29-24-46(5)26-40(39(29)48)34(28-17-21-31(22-18-28)45(3)4)25-47(6)41(40)33-12-8-7-11-32(33)37-38(41)43-36-14-10-9-13-35(36)42-37/h7-23,34H,24-26H2,1-6H3/b29-23+/t34-,40+,41+/m0/s1. The van der Waals surface area contributed by atoms with E-state index in [0.717, 1.165) is 56.1 Å². The predicted molar refractivity (Wildman–Crippen MR) is 196 cm³/mol. The van der Waals surface area contributed by atoms with Crippen LogP contribution in [0.4, 0.5) is 11.4 Å². The van der Waals surface area contributed by atoms with Gasteiger partial charge in [-0.2, -0.15) is 0 Å². The lowest BCUT2D eigenvalue weighted by atomic mass is 9.55. The molecule has 0 saturated carbocycles. The molecular weight excluding hydrogens is 592 g/mol. The third kappa shape index (κ3) is 4.24. The maximum Gasteiger partial charge on any atom is 0.170 e. The molecular formula is C41H42N6O. The molecule has 5 aromatic rings. The van der Waals surface area contributed by atoms with E-state index in [1.807, 2.05) is 38.4 Å². The number of para-hydroxylation sites is 2. The Kier molecular flexibility index (Phi) is 7.06. The van der Waals surface area contributed by atoms with Crippen LogP contribution in [0.3, 0.4) is 0 Å². The Morgan fingerprint density at radius 1 is 0.771 bits per heavy atom. The second-order valence-electron chi connectivity index (χ2n) is 14.2. The number of ketones is 1. The van der Waals surface area contributed by atoms with E-state index in [1.54, 1.807) is 0 Å². The van der Waals surface area contributed by atoms with Crippen LogP contribution in [0.1, 0.15) is 28.3 Å². The summed E-state index contributed by atoms with van der Waals surface area (Å²) < 4.78 is 0. The summed E-state index contributed by atoms with van der Waals surface area (Å²) in [4.78, 5) is 35.6. The van der Waals surface area contributed by atoms with Gasteiger partial charge < -0.3 is 14.7 Å². The molecule has 2 spiro atoms. The summed E-state index contributed by atoms with van der Waals surface area (Å²) >= 11 is 0. The van der Waals surface area contributed by atoms with Crippen molar-refractivity contribution < 1.29 is 4.79 Å². The van der Waals surface area contributed by atoms with Crippen molar-refractivity contribution in [3.8, 4) is 11.3 Å². The predicted octanol–water partition coefficient (Wildman–Crippen LogP) is 6.30. The monoisotopic (exact) mass is 634 g/mol. The molecule has 2 fully saturated rings. The number of aromatic nitrogens is 2. The number of nitrogens with zero attached hydrogens (tertiary/aromatic N) is 6. The highest BCUT2D eigenvalue weighted by atomic mass is 16.1. The fourth-order valence-electron chi connectivity index (χ4n) is 8.90. The number of rotatable bonds is 4. The van der Waals surface area contributed by atoms with Gasteiger partial charge in [0, 0.05) is 76.3 Å². The van der Waals surface area contributed by atoms with E-state index in [0.29, 0.717) is 19.6 Å². The first-order valence-corrected chi connectivity index (χ1v) is 16.7. The maximum atomic E-state index is 15.8. The van der Waals surface area contributed by atoms with Crippen molar-refractivity contribution in [2.75, 3.05) is 71.7 Å². The molecule has 0 N–H and O–H groups in total. The molecule has 1 aromatic heterocycles. The molecule has 8 rings (SSSR count). The van der Waals surface area contributed by atoms with E-state index >= 15 is 4.79 Å². The van der Waals surface area contributed by atoms with E-state index in [1.165, 1.54) is 5.56 Å². The average Bonchev–Trinajstić information content (AvgIpc) is 3.52. The van der Waals surface area contributed by atoms with Gasteiger partial charge >= 0.3 is 0 Å². The van der Waals surface area contributed by atoms with Gasteiger partial charge in [0.15, 0.2) is 5.78 Å². The highest BCUT2D eigenvalue weighted by Crippen LogP contribution is 2.67. The number of anilines is 2. The van der Waals surface area contributed by atoms with Gasteiger partial charge in [-0.25, -0.2) is 9.97 Å². The van der Waals surface area contributed by atoms with Crippen LogP contribution in [0.2, 0.25) is 0 Å². The van der Waals surface area contributed by atoms with Crippen molar-refractivity contribution in [1.82, 2.24) is 19.8 Å². The Bertz CT molecular complexity index is 2090. The topological polar surface area (TPSA) is 55.8 Å². The van der Waals surface area contributed by atoms with E-state index in [4.69, 9.17) is 9.97 Å². The second-order valence-corrected chi connectivity index (χ2v) is 14.2. The van der Waals surface area contributed by atoms with Gasteiger partial charge in [-0.15, -0.1) is 0 Å². The van der Waals surface area contributed by atoms with Gasteiger partial charge in [0.25, 0.3) is 0 Å². The van der Waals surface area contributed by atoms with Gasteiger partial charge in [0.1, 0.15) is 5.54 Å². The quantitative estimate of drug-likeness (QED) is 0.215. The van der Waals surface area contributed by atoms with Crippen molar-refractivity contribution in [1.29, 1.82) is 0 Å². The molecule has 0 amide bonds. The Balaban J connectivity index is 1.41. The summed E-state index contributed by atoms with van der Waals surface area (Å²) in [5.41, 5.74) is 9.22. The van der Waals surface area contributed by atoms with Crippen LogP contribution in [-0.4, -0.2) is 87.5 Å². The van der Waals surface area contributed by atoms with Crippen LogP contribution in [0.25, 0.3) is 28.4 Å². The van der Waals surface area contributed by atoms with Crippen LogP contribution >= 0.6 is 0 Å². The van der Waals surface area contributed by atoms with Crippen molar-refractivity contribution in [3.63, 3.8) is 0 Å². The molecule has 2 aliphatic heterocycles. The van der Waals surface area contributed by atoms with E-state index in [-0.39, 0.29) is 11.7 Å². The molecule has 4 aromatic carbocycles. The number of piperidine rings is 1. The number of benzene rings is 4. The molecule has 2 saturated heterocycles. The lowest BCUT2D eigenvalue weighted by Gasteiger charge is -2.52. The number of carbonyl (C=O) groups excluding carboxylic acids is 1. The van der Waals surface area contributed by atoms with Crippen LogP contribution in [0, 0.1) is 5.41 Å². The first-order valence-electron chi connectivity index (χ1n) is 16.7. The largest absolute Gasteiger partial charge is 0.378 e. The summed E-state index contributed by atoms with van der Waals surface area (Å²) in [7, 11) is 12.5. The molecule has 7 nitrogen and oxygen atoms in total.